The summed E-state index contributed by atoms with van der Waals surface area (Å²) in [5.41, 5.74) is 8.36. The van der Waals surface area contributed by atoms with E-state index in [1.165, 1.54) is 0 Å². The average Bonchev–Trinajstić information content (AvgIpc) is 2.45. The Morgan fingerprint density at radius 2 is 2.27 bits per heavy atom. The molecule has 1 aromatic carbocycles. The second-order valence-corrected chi connectivity index (χ2v) is 2.89. The molecule has 0 atom stereocenters. The van der Waals surface area contributed by atoms with Gasteiger partial charge in [0.15, 0.2) is 0 Å². The summed E-state index contributed by atoms with van der Waals surface area (Å²) >= 11 is 5.92. The minimum atomic E-state index is 0.624. The molecule has 56 valence electrons. The van der Waals surface area contributed by atoms with Crippen molar-refractivity contribution in [2.45, 2.75) is 6.54 Å². The lowest BCUT2D eigenvalue weighted by Crippen LogP contribution is -1.92. The maximum absolute atomic E-state index is 5.92. The second-order valence-electron chi connectivity index (χ2n) is 2.51. The van der Waals surface area contributed by atoms with Crippen molar-refractivity contribution in [1.82, 2.24) is 0 Å². The Morgan fingerprint density at radius 3 is 3.09 bits per heavy atom. The monoisotopic (exact) mass is 166 g/mol. The third kappa shape index (κ3) is 0.906. The zero-order chi connectivity index (χ0) is 7.84. The van der Waals surface area contributed by atoms with Crippen molar-refractivity contribution in [2.24, 2.45) is 4.99 Å². The topological polar surface area (TPSA) is 38.4 Å². The molecule has 2 nitrogen and oxygen atoms in total. The first-order valence-corrected chi connectivity index (χ1v) is 3.73. The summed E-state index contributed by atoms with van der Waals surface area (Å²) in [5, 5.41) is 0.628. The van der Waals surface area contributed by atoms with Crippen LogP contribution >= 0.6 is 11.6 Å². The Balaban J connectivity index is 2.70. The SMILES string of the molecule is Nc1ccc2c(c1Cl)C=NC2. The molecule has 1 aliphatic rings. The van der Waals surface area contributed by atoms with E-state index in [2.05, 4.69) is 4.99 Å². The Hall–Kier alpha value is -1.02. The van der Waals surface area contributed by atoms with Gasteiger partial charge in [0.25, 0.3) is 0 Å². The molecule has 0 spiro atoms. The maximum Gasteiger partial charge on any atom is 0.0726 e. The van der Waals surface area contributed by atoms with Crippen LogP contribution in [-0.4, -0.2) is 6.21 Å². The Kier molecular flexibility index (Phi) is 1.36. The van der Waals surface area contributed by atoms with Crippen LogP contribution in [0.4, 0.5) is 5.69 Å². The van der Waals surface area contributed by atoms with E-state index >= 15 is 0 Å². The van der Waals surface area contributed by atoms with Crippen LogP contribution in [0.3, 0.4) is 0 Å². The van der Waals surface area contributed by atoms with Crippen molar-refractivity contribution in [3.05, 3.63) is 28.3 Å². The highest BCUT2D eigenvalue weighted by molar-refractivity contribution is 6.35. The predicted molar refractivity (Wildman–Crippen MR) is 47.2 cm³/mol. The van der Waals surface area contributed by atoms with Crippen LogP contribution in [-0.2, 0) is 6.54 Å². The normalized spacial score (nSPS) is 13.5. The van der Waals surface area contributed by atoms with Gasteiger partial charge in [0.05, 0.1) is 17.3 Å². The first-order valence-electron chi connectivity index (χ1n) is 3.35. The van der Waals surface area contributed by atoms with Crippen molar-refractivity contribution in [3.63, 3.8) is 0 Å². The van der Waals surface area contributed by atoms with E-state index in [9.17, 15) is 0 Å². The molecule has 0 unspecified atom stereocenters. The van der Waals surface area contributed by atoms with E-state index in [0.717, 1.165) is 17.7 Å². The van der Waals surface area contributed by atoms with Crippen LogP contribution in [0.15, 0.2) is 17.1 Å². The highest BCUT2D eigenvalue weighted by Crippen LogP contribution is 2.28. The van der Waals surface area contributed by atoms with Gasteiger partial charge in [-0.05, 0) is 11.6 Å². The van der Waals surface area contributed by atoms with Gasteiger partial charge in [-0.25, -0.2) is 0 Å². The van der Waals surface area contributed by atoms with Crippen LogP contribution in [0.5, 0.6) is 0 Å². The van der Waals surface area contributed by atoms with Crippen molar-refractivity contribution in [1.29, 1.82) is 0 Å². The van der Waals surface area contributed by atoms with Gasteiger partial charge in [0.1, 0.15) is 0 Å². The molecule has 0 fully saturated rings. The van der Waals surface area contributed by atoms with E-state index < -0.39 is 0 Å². The van der Waals surface area contributed by atoms with E-state index in [0.29, 0.717) is 10.7 Å². The van der Waals surface area contributed by atoms with Crippen molar-refractivity contribution in [2.75, 3.05) is 5.73 Å². The molecule has 2 N–H and O–H groups in total. The number of nitrogen functional groups attached to an aromatic ring is 1. The summed E-state index contributed by atoms with van der Waals surface area (Å²) in [7, 11) is 0. The lowest BCUT2D eigenvalue weighted by Gasteiger charge is -2.01. The fraction of sp³-hybridized carbons (Fsp3) is 0.125. The van der Waals surface area contributed by atoms with Gasteiger partial charge in [0, 0.05) is 11.8 Å². The van der Waals surface area contributed by atoms with E-state index in [1.54, 1.807) is 6.21 Å². The molecule has 0 aliphatic carbocycles. The predicted octanol–water partition coefficient (Wildman–Crippen LogP) is 1.85. The number of halogens is 1. The lowest BCUT2D eigenvalue weighted by atomic mass is 10.1. The highest BCUT2D eigenvalue weighted by Gasteiger charge is 2.11. The molecule has 11 heavy (non-hydrogen) atoms. The third-order valence-corrected chi connectivity index (χ3v) is 2.20. The zero-order valence-electron chi connectivity index (χ0n) is 5.84. The van der Waals surface area contributed by atoms with Crippen LogP contribution in [0.2, 0.25) is 5.02 Å². The highest BCUT2D eigenvalue weighted by atomic mass is 35.5. The molecule has 0 saturated carbocycles. The molecule has 0 aromatic heterocycles. The number of rotatable bonds is 0. The van der Waals surface area contributed by atoms with E-state index in [-0.39, 0.29) is 0 Å². The van der Waals surface area contributed by atoms with Gasteiger partial charge >= 0.3 is 0 Å². The first kappa shape index (κ1) is 6.68. The molecule has 0 amide bonds. The van der Waals surface area contributed by atoms with Crippen LogP contribution in [0.25, 0.3) is 0 Å². The number of hydrogen-bond donors (Lipinski definition) is 1. The quantitative estimate of drug-likeness (QED) is 0.587. The summed E-state index contributed by atoms with van der Waals surface area (Å²) < 4.78 is 0. The number of nitrogens with zero attached hydrogens (tertiary/aromatic N) is 1. The largest absolute Gasteiger partial charge is 0.398 e. The zero-order valence-corrected chi connectivity index (χ0v) is 6.60. The number of aliphatic imine (C=N–C) groups is 1. The van der Waals surface area contributed by atoms with Gasteiger partial charge in [-0.15, -0.1) is 0 Å². The summed E-state index contributed by atoms with van der Waals surface area (Å²) in [6.07, 6.45) is 1.77. The standard InChI is InChI=1S/C8H7ClN2/c9-8-6-4-11-3-5(6)1-2-7(8)10/h1-2,4H,3,10H2. The fourth-order valence-corrected chi connectivity index (χ4v) is 1.40. The van der Waals surface area contributed by atoms with Crippen LogP contribution in [0, 0.1) is 0 Å². The fourth-order valence-electron chi connectivity index (χ4n) is 1.16. The van der Waals surface area contributed by atoms with Crippen LogP contribution < -0.4 is 5.73 Å². The summed E-state index contributed by atoms with van der Waals surface area (Å²) in [6, 6.07) is 3.78. The van der Waals surface area contributed by atoms with E-state index in [1.807, 2.05) is 12.1 Å². The number of benzene rings is 1. The van der Waals surface area contributed by atoms with Crippen molar-refractivity contribution in [3.8, 4) is 0 Å². The minimum Gasteiger partial charge on any atom is -0.398 e. The Labute approximate surface area is 69.7 Å². The average molecular weight is 167 g/mol. The number of nitrogens with two attached hydrogens (primary N) is 1. The van der Waals surface area contributed by atoms with Gasteiger partial charge in [-0.2, -0.15) is 0 Å². The third-order valence-electron chi connectivity index (χ3n) is 1.78. The van der Waals surface area contributed by atoms with Gasteiger partial charge in [-0.1, -0.05) is 17.7 Å². The number of anilines is 1. The van der Waals surface area contributed by atoms with E-state index in [4.69, 9.17) is 17.3 Å². The second kappa shape index (κ2) is 2.24. The molecule has 3 heteroatoms. The summed E-state index contributed by atoms with van der Waals surface area (Å²) in [5.74, 6) is 0. The minimum absolute atomic E-state index is 0.624. The molecule has 0 radical (unpaired) electrons. The molecular formula is C8H7ClN2. The Bertz CT molecular complexity index is 331. The maximum atomic E-state index is 5.92. The Morgan fingerprint density at radius 1 is 1.45 bits per heavy atom. The van der Waals surface area contributed by atoms with Crippen LogP contribution in [0.1, 0.15) is 11.1 Å². The van der Waals surface area contributed by atoms with Crippen molar-refractivity contribution >= 4 is 23.5 Å². The molecule has 2 rings (SSSR count). The molecular weight excluding hydrogens is 160 g/mol. The van der Waals surface area contributed by atoms with Gasteiger partial charge < -0.3 is 5.73 Å². The number of hydrogen-bond acceptors (Lipinski definition) is 2. The van der Waals surface area contributed by atoms with Gasteiger partial charge in [0.2, 0.25) is 0 Å². The first-order chi connectivity index (χ1) is 5.29. The molecule has 0 bridgehead atoms. The van der Waals surface area contributed by atoms with Gasteiger partial charge in [-0.3, -0.25) is 4.99 Å². The number of fused-ring (bicyclic) bond motifs is 1. The smallest absolute Gasteiger partial charge is 0.0726 e. The molecule has 1 aromatic rings. The lowest BCUT2D eigenvalue weighted by molar-refractivity contribution is 1.11. The molecule has 0 saturated heterocycles. The molecule has 1 heterocycles. The molecule has 1 aliphatic heterocycles. The van der Waals surface area contributed by atoms with Crippen molar-refractivity contribution < 1.29 is 0 Å². The summed E-state index contributed by atoms with van der Waals surface area (Å²) in [4.78, 5) is 4.09. The summed E-state index contributed by atoms with van der Waals surface area (Å²) in [6.45, 7) is 0.731.